The van der Waals surface area contributed by atoms with Gasteiger partial charge in [-0.05, 0) is 37.4 Å². The molecule has 0 saturated heterocycles. The van der Waals surface area contributed by atoms with E-state index in [0.29, 0.717) is 5.69 Å². The molecule has 0 aromatic carbocycles. The highest BCUT2D eigenvalue weighted by molar-refractivity contribution is 7.09. The zero-order valence-corrected chi connectivity index (χ0v) is 11.5. The van der Waals surface area contributed by atoms with Crippen LogP contribution in [0.3, 0.4) is 0 Å². The second kappa shape index (κ2) is 5.98. The van der Waals surface area contributed by atoms with Gasteiger partial charge in [0.15, 0.2) is 0 Å². The van der Waals surface area contributed by atoms with Crippen LogP contribution in [0, 0.1) is 0 Å². The van der Waals surface area contributed by atoms with Gasteiger partial charge < -0.3 is 10.0 Å². The molecule has 1 atom stereocenters. The van der Waals surface area contributed by atoms with Gasteiger partial charge in [0, 0.05) is 11.4 Å². The summed E-state index contributed by atoms with van der Waals surface area (Å²) in [6.07, 6.45) is 1.32. The summed E-state index contributed by atoms with van der Waals surface area (Å²) in [6, 6.07) is 8.12. The lowest BCUT2D eigenvalue weighted by atomic mass is 10.2. The average Bonchev–Trinajstić information content (AvgIpc) is 2.89. The Hall–Kier alpha value is -1.39. The summed E-state index contributed by atoms with van der Waals surface area (Å²) in [5, 5.41) is 11.5. The van der Waals surface area contributed by atoms with E-state index in [0.717, 1.165) is 18.8 Å². The highest BCUT2D eigenvalue weighted by Gasteiger charge is 2.08. The first-order valence-electron chi connectivity index (χ1n) is 6.12. The van der Waals surface area contributed by atoms with Gasteiger partial charge in [-0.15, -0.1) is 11.3 Å². The molecule has 0 bridgehead atoms. The Morgan fingerprint density at radius 2 is 2.22 bits per heavy atom. The minimum absolute atomic E-state index is 0.508. The quantitative estimate of drug-likeness (QED) is 0.898. The first-order valence-corrected chi connectivity index (χ1v) is 7.00. The summed E-state index contributed by atoms with van der Waals surface area (Å²) >= 11 is 1.77. The fourth-order valence-electron chi connectivity index (χ4n) is 1.81. The molecule has 4 heteroatoms. The van der Waals surface area contributed by atoms with E-state index in [1.165, 1.54) is 4.88 Å². The van der Waals surface area contributed by atoms with E-state index in [2.05, 4.69) is 34.3 Å². The Labute approximate surface area is 112 Å². The van der Waals surface area contributed by atoms with E-state index in [1.807, 2.05) is 18.3 Å². The van der Waals surface area contributed by atoms with Gasteiger partial charge in [-0.3, -0.25) is 4.98 Å². The van der Waals surface area contributed by atoms with Crippen LogP contribution in [0.5, 0.6) is 0 Å². The van der Waals surface area contributed by atoms with Crippen molar-refractivity contribution in [3.8, 4) is 0 Å². The van der Waals surface area contributed by atoms with E-state index in [4.69, 9.17) is 0 Å². The second-order valence-corrected chi connectivity index (χ2v) is 5.24. The lowest BCUT2D eigenvalue weighted by molar-refractivity contribution is 0.194. The lowest BCUT2D eigenvalue weighted by Crippen LogP contribution is -2.21. The van der Waals surface area contributed by atoms with Crippen molar-refractivity contribution in [2.75, 3.05) is 11.4 Å². The van der Waals surface area contributed by atoms with Crippen LogP contribution in [0.1, 0.15) is 30.5 Å². The Bertz CT molecular complexity index is 465. The second-order valence-electron chi connectivity index (χ2n) is 4.21. The van der Waals surface area contributed by atoms with Crippen LogP contribution < -0.4 is 4.90 Å². The third-order valence-corrected chi connectivity index (χ3v) is 3.73. The maximum absolute atomic E-state index is 9.44. The van der Waals surface area contributed by atoms with Crippen molar-refractivity contribution in [2.24, 2.45) is 0 Å². The number of pyridine rings is 1. The number of hydrogen-bond donors (Lipinski definition) is 1. The fraction of sp³-hybridized carbons (Fsp3) is 0.357. The maximum atomic E-state index is 9.44. The number of aliphatic hydroxyl groups is 1. The van der Waals surface area contributed by atoms with E-state index in [1.54, 1.807) is 18.3 Å². The van der Waals surface area contributed by atoms with Gasteiger partial charge in [-0.25, -0.2) is 0 Å². The van der Waals surface area contributed by atoms with Crippen LogP contribution in [0.25, 0.3) is 0 Å². The van der Waals surface area contributed by atoms with Crippen LogP contribution in [-0.2, 0) is 6.54 Å². The SMILES string of the molecule is CCN(Cc1cccs1)c1ccc([C@@H](C)O)nc1. The molecule has 2 aromatic heterocycles. The predicted octanol–water partition coefficient (Wildman–Crippen LogP) is 3.22. The van der Waals surface area contributed by atoms with Gasteiger partial charge in [0.25, 0.3) is 0 Å². The molecule has 2 heterocycles. The molecule has 0 amide bonds. The normalized spacial score (nSPS) is 12.4. The van der Waals surface area contributed by atoms with E-state index in [-0.39, 0.29) is 0 Å². The lowest BCUT2D eigenvalue weighted by Gasteiger charge is -2.22. The molecule has 2 aromatic rings. The third kappa shape index (κ3) is 3.09. The summed E-state index contributed by atoms with van der Waals surface area (Å²) in [5.74, 6) is 0. The van der Waals surface area contributed by atoms with Crippen LogP contribution in [0.4, 0.5) is 5.69 Å². The number of aromatic nitrogens is 1. The zero-order valence-electron chi connectivity index (χ0n) is 10.7. The largest absolute Gasteiger partial charge is 0.387 e. The highest BCUT2D eigenvalue weighted by Crippen LogP contribution is 2.20. The number of aliphatic hydroxyl groups excluding tert-OH is 1. The van der Waals surface area contributed by atoms with Crippen molar-refractivity contribution >= 4 is 17.0 Å². The molecule has 3 nitrogen and oxygen atoms in total. The van der Waals surface area contributed by atoms with Crippen molar-refractivity contribution in [3.63, 3.8) is 0 Å². The molecule has 0 saturated carbocycles. The molecular weight excluding hydrogens is 244 g/mol. The average molecular weight is 262 g/mol. The molecule has 18 heavy (non-hydrogen) atoms. The monoisotopic (exact) mass is 262 g/mol. The molecule has 2 rings (SSSR count). The Balaban J connectivity index is 2.12. The van der Waals surface area contributed by atoms with Crippen LogP contribution >= 0.6 is 11.3 Å². The van der Waals surface area contributed by atoms with Gasteiger partial charge in [0.2, 0.25) is 0 Å². The van der Waals surface area contributed by atoms with Crippen LogP contribution in [0.2, 0.25) is 0 Å². The molecule has 1 N–H and O–H groups in total. The zero-order chi connectivity index (χ0) is 13.0. The minimum atomic E-state index is -0.508. The molecule has 0 spiro atoms. The molecule has 0 aliphatic carbocycles. The molecule has 96 valence electrons. The standard InChI is InChI=1S/C14H18N2OS/c1-3-16(10-13-5-4-8-18-13)12-6-7-14(11(2)17)15-9-12/h4-9,11,17H,3,10H2,1-2H3/t11-/m1/s1. The van der Waals surface area contributed by atoms with Gasteiger partial charge in [0.05, 0.1) is 30.2 Å². The maximum Gasteiger partial charge on any atom is 0.0931 e. The summed E-state index contributed by atoms with van der Waals surface area (Å²) in [4.78, 5) is 7.90. The Morgan fingerprint density at radius 1 is 1.39 bits per heavy atom. The molecule has 0 unspecified atom stereocenters. The van der Waals surface area contributed by atoms with Crippen LogP contribution in [-0.4, -0.2) is 16.6 Å². The van der Waals surface area contributed by atoms with Crippen molar-refractivity contribution < 1.29 is 5.11 Å². The Morgan fingerprint density at radius 3 is 2.72 bits per heavy atom. The minimum Gasteiger partial charge on any atom is -0.387 e. The van der Waals surface area contributed by atoms with Crippen molar-refractivity contribution in [1.82, 2.24) is 4.98 Å². The molecule has 0 aliphatic heterocycles. The number of anilines is 1. The first kappa shape index (κ1) is 13.1. The number of thiophene rings is 1. The number of hydrogen-bond acceptors (Lipinski definition) is 4. The smallest absolute Gasteiger partial charge is 0.0931 e. The van der Waals surface area contributed by atoms with E-state index < -0.39 is 6.10 Å². The van der Waals surface area contributed by atoms with Gasteiger partial charge in [-0.2, -0.15) is 0 Å². The van der Waals surface area contributed by atoms with Gasteiger partial charge in [0.1, 0.15) is 0 Å². The van der Waals surface area contributed by atoms with Crippen molar-refractivity contribution in [3.05, 3.63) is 46.4 Å². The molecule has 0 aliphatic rings. The third-order valence-electron chi connectivity index (χ3n) is 2.87. The van der Waals surface area contributed by atoms with Crippen LogP contribution in [0.15, 0.2) is 35.8 Å². The van der Waals surface area contributed by atoms with Gasteiger partial charge in [-0.1, -0.05) is 6.07 Å². The summed E-state index contributed by atoms with van der Waals surface area (Å²) in [7, 11) is 0. The van der Waals surface area contributed by atoms with E-state index in [9.17, 15) is 5.11 Å². The summed E-state index contributed by atoms with van der Waals surface area (Å²) in [6.45, 7) is 5.71. The van der Waals surface area contributed by atoms with Crippen molar-refractivity contribution in [1.29, 1.82) is 0 Å². The summed E-state index contributed by atoms with van der Waals surface area (Å²) in [5.41, 5.74) is 1.81. The summed E-state index contributed by atoms with van der Waals surface area (Å²) < 4.78 is 0. The van der Waals surface area contributed by atoms with Crippen molar-refractivity contribution in [2.45, 2.75) is 26.5 Å². The highest BCUT2D eigenvalue weighted by atomic mass is 32.1. The molecule has 0 fully saturated rings. The first-order chi connectivity index (χ1) is 8.70. The fourth-order valence-corrected chi connectivity index (χ4v) is 2.53. The number of nitrogens with zero attached hydrogens (tertiary/aromatic N) is 2. The van der Waals surface area contributed by atoms with E-state index >= 15 is 0 Å². The molecular formula is C14H18N2OS. The topological polar surface area (TPSA) is 36.4 Å². The van der Waals surface area contributed by atoms with Gasteiger partial charge >= 0.3 is 0 Å². The molecule has 0 radical (unpaired) electrons. The number of rotatable bonds is 5. The predicted molar refractivity (Wildman–Crippen MR) is 75.9 cm³/mol. The Kier molecular flexibility index (Phi) is 4.33.